The van der Waals surface area contributed by atoms with Gasteiger partial charge in [0.1, 0.15) is 0 Å². The summed E-state index contributed by atoms with van der Waals surface area (Å²) >= 11 is 5.96. The highest BCUT2D eigenvalue weighted by molar-refractivity contribution is 6.31. The van der Waals surface area contributed by atoms with E-state index in [1.807, 2.05) is 25.1 Å². The molecule has 22 heavy (non-hydrogen) atoms. The third kappa shape index (κ3) is 4.25. The molecule has 0 aliphatic heterocycles. The molecule has 0 bridgehead atoms. The fourth-order valence-corrected chi connectivity index (χ4v) is 2.51. The number of hydrogen-bond donors (Lipinski definition) is 2. The molecule has 0 saturated heterocycles. The molecule has 0 unspecified atom stereocenters. The van der Waals surface area contributed by atoms with Crippen LogP contribution in [-0.4, -0.2) is 12.5 Å². The standard InChI is InChI=1S/C18H21ClN2O/c1-12-7-8-15(19)11-16(12)21-17(22)9-10-20-18-13(2)5-4-6-14(18)3/h4-8,11,20H,9-10H2,1-3H3,(H,21,22). The molecule has 0 saturated carbocycles. The van der Waals surface area contributed by atoms with Crippen molar-refractivity contribution in [3.63, 3.8) is 0 Å². The lowest BCUT2D eigenvalue weighted by Crippen LogP contribution is -2.17. The Kier molecular flexibility index (Phi) is 5.45. The number of carbonyl (C=O) groups is 1. The first-order chi connectivity index (χ1) is 10.5. The van der Waals surface area contributed by atoms with E-state index in [2.05, 4.69) is 36.6 Å². The van der Waals surface area contributed by atoms with E-state index in [9.17, 15) is 4.79 Å². The second-order valence-electron chi connectivity index (χ2n) is 5.45. The molecule has 3 nitrogen and oxygen atoms in total. The van der Waals surface area contributed by atoms with Gasteiger partial charge >= 0.3 is 0 Å². The number of hydrogen-bond acceptors (Lipinski definition) is 2. The molecule has 116 valence electrons. The van der Waals surface area contributed by atoms with E-state index in [1.54, 1.807) is 6.07 Å². The van der Waals surface area contributed by atoms with Gasteiger partial charge in [0.25, 0.3) is 0 Å². The summed E-state index contributed by atoms with van der Waals surface area (Å²) in [5, 5.41) is 6.86. The Morgan fingerprint density at radius 2 is 1.73 bits per heavy atom. The molecule has 0 aliphatic carbocycles. The summed E-state index contributed by atoms with van der Waals surface area (Å²) in [4.78, 5) is 12.0. The molecule has 0 heterocycles. The predicted molar refractivity (Wildman–Crippen MR) is 93.8 cm³/mol. The molecule has 1 amide bonds. The van der Waals surface area contributed by atoms with Gasteiger partial charge in [0.2, 0.25) is 5.91 Å². The molecular weight excluding hydrogens is 296 g/mol. The van der Waals surface area contributed by atoms with Gasteiger partial charge in [-0.25, -0.2) is 0 Å². The van der Waals surface area contributed by atoms with E-state index < -0.39 is 0 Å². The number of benzene rings is 2. The predicted octanol–water partition coefficient (Wildman–Crippen LogP) is 4.71. The van der Waals surface area contributed by atoms with E-state index in [0.717, 1.165) is 16.9 Å². The number of para-hydroxylation sites is 1. The molecule has 0 fully saturated rings. The van der Waals surface area contributed by atoms with Gasteiger partial charge in [0, 0.05) is 29.4 Å². The van der Waals surface area contributed by atoms with Crippen LogP contribution in [0.15, 0.2) is 36.4 Å². The van der Waals surface area contributed by atoms with Crippen LogP contribution >= 0.6 is 11.6 Å². The molecule has 0 aromatic heterocycles. The Morgan fingerprint density at radius 3 is 2.41 bits per heavy atom. The van der Waals surface area contributed by atoms with Gasteiger partial charge in [0.05, 0.1) is 0 Å². The van der Waals surface area contributed by atoms with Crippen molar-refractivity contribution in [1.82, 2.24) is 0 Å². The van der Waals surface area contributed by atoms with E-state index in [4.69, 9.17) is 11.6 Å². The lowest BCUT2D eigenvalue weighted by Gasteiger charge is -2.13. The maximum absolute atomic E-state index is 12.0. The van der Waals surface area contributed by atoms with Crippen molar-refractivity contribution in [2.24, 2.45) is 0 Å². The largest absolute Gasteiger partial charge is 0.384 e. The number of nitrogens with one attached hydrogen (secondary N) is 2. The van der Waals surface area contributed by atoms with Crippen LogP contribution in [-0.2, 0) is 4.79 Å². The lowest BCUT2D eigenvalue weighted by atomic mass is 10.1. The zero-order chi connectivity index (χ0) is 16.1. The van der Waals surface area contributed by atoms with Gasteiger partial charge < -0.3 is 10.6 Å². The third-order valence-electron chi connectivity index (χ3n) is 3.61. The van der Waals surface area contributed by atoms with Crippen molar-refractivity contribution in [2.75, 3.05) is 17.2 Å². The van der Waals surface area contributed by atoms with Crippen molar-refractivity contribution in [1.29, 1.82) is 0 Å². The minimum atomic E-state index is -0.0240. The fourth-order valence-electron chi connectivity index (χ4n) is 2.34. The maximum atomic E-state index is 12.0. The van der Waals surface area contributed by atoms with E-state index in [-0.39, 0.29) is 5.91 Å². The normalized spacial score (nSPS) is 10.4. The van der Waals surface area contributed by atoms with Crippen LogP contribution in [0.4, 0.5) is 11.4 Å². The summed E-state index contributed by atoms with van der Waals surface area (Å²) in [5.74, 6) is -0.0240. The van der Waals surface area contributed by atoms with Crippen molar-refractivity contribution in [3.05, 3.63) is 58.1 Å². The highest BCUT2D eigenvalue weighted by atomic mass is 35.5. The average Bonchev–Trinajstić information content (AvgIpc) is 2.46. The minimum absolute atomic E-state index is 0.0240. The first kappa shape index (κ1) is 16.4. The smallest absolute Gasteiger partial charge is 0.226 e. The second kappa shape index (κ2) is 7.32. The van der Waals surface area contributed by atoms with Crippen LogP contribution in [0.5, 0.6) is 0 Å². The number of halogens is 1. The average molecular weight is 317 g/mol. The number of carbonyl (C=O) groups excluding carboxylic acids is 1. The van der Waals surface area contributed by atoms with Gasteiger partial charge in [-0.2, -0.15) is 0 Å². The van der Waals surface area contributed by atoms with Crippen LogP contribution in [0.1, 0.15) is 23.1 Å². The SMILES string of the molecule is Cc1ccc(Cl)cc1NC(=O)CCNc1c(C)cccc1C. The molecular formula is C18H21ClN2O. The summed E-state index contributed by atoms with van der Waals surface area (Å²) in [7, 11) is 0. The monoisotopic (exact) mass is 316 g/mol. The van der Waals surface area contributed by atoms with Crippen molar-refractivity contribution in [3.8, 4) is 0 Å². The highest BCUT2D eigenvalue weighted by Crippen LogP contribution is 2.21. The lowest BCUT2D eigenvalue weighted by molar-refractivity contribution is -0.115. The van der Waals surface area contributed by atoms with Gasteiger partial charge in [-0.1, -0.05) is 35.9 Å². The second-order valence-corrected chi connectivity index (χ2v) is 5.89. The summed E-state index contributed by atoms with van der Waals surface area (Å²) in [6, 6.07) is 11.6. The molecule has 0 aliphatic rings. The maximum Gasteiger partial charge on any atom is 0.226 e. The fraction of sp³-hybridized carbons (Fsp3) is 0.278. The van der Waals surface area contributed by atoms with E-state index in [1.165, 1.54) is 11.1 Å². The molecule has 0 atom stereocenters. The van der Waals surface area contributed by atoms with Crippen LogP contribution < -0.4 is 10.6 Å². The van der Waals surface area contributed by atoms with Gasteiger partial charge in [-0.05, 0) is 49.6 Å². The van der Waals surface area contributed by atoms with Crippen LogP contribution in [0, 0.1) is 20.8 Å². The molecule has 0 radical (unpaired) electrons. The summed E-state index contributed by atoms with van der Waals surface area (Å²) in [5.41, 5.74) is 5.25. The van der Waals surface area contributed by atoms with Gasteiger partial charge in [-0.3, -0.25) is 4.79 Å². The molecule has 2 rings (SSSR count). The quantitative estimate of drug-likeness (QED) is 0.839. The van der Waals surface area contributed by atoms with Gasteiger partial charge in [-0.15, -0.1) is 0 Å². The van der Waals surface area contributed by atoms with Crippen molar-refractivity contribution in [2.45, 2.75) is 27.2 Å². The first-order valence-electron chi connectivity index (χ1n) is 7.33. The molecule has 2 aromatic carbocycles. The topological polar surface area (TPSA) is 41.1 Å². The molecule has 4 heteroatoms. The Labute approximate surface area is 136 Å². The van der Waals surface area contributed by atoms with Gasteiger partial charge in [0.15, 0.2) is 0 Å². The van der Waals surface area contributed by atoms with Crippen molar-refractivity contribution >= 4 is 28.9 Å². The third-order valence-corrected chi connectivity index (χ3v) is 3.84. The van der Waals surface area contributed by atoms with E-state index >= 15 is 0 Å². The number of aryl methyl sites for hydroxylation is 3. The minimum Gasteiger partial charge on any atom is -0.384 e. The number of anilines is 2. The highest BCUT2D eigenvalue weighted by Gasteiger charge is 2.06. The molecule has 0 spiro atoms. The van der Waals surface area contributed by atoms with Crippen LogP contribution in [0.2, 0.25) is 5.02 Å². The Morgan fingerprint density at radius 1 is 1.05 bits per heavy atom. The molecule has 2 N–H and O–H groups in total. The number of amides is 1. The van der Waals surface area contributed by atoms with Crippen LogP contribution in [0.25, 0.3) is 0 Å². The Bertz CT molecular complexity index is 663. The number of rotatable bonds is 5. The zero-order valence-corrected chi connectivity index (χ0v) is 13.9. The summed E-state index contributed by atoms with van der Waals surface area (Å²) in [6.45, 7) is 6.66. The Balaban J connectivity index is 1.89. The Hall–Kier alpha value is -2.00. The summed E-state index contributed by atoms with van der Waals surface area (Å²) in [6.07, 6.45) is 0.403. The zero-order valence-electron chi connectivity index (χ0n) is 13.2. The molecule has 2 aromatic rings. The first-order valence-corrected chi connectivity index (χ1v) is 7.71. The van der Waals surface area contributed by atoms with E-state index in [0.29, 0.717) is 18.0 Å². The van der Waals surface area contributed by atoms with Crippen molar-refractivity contribution < 1.29 is 4.79 Å². The van der Waals surface area contributed by atoms with Crippen LogP contribution in [0.3, 0.4) is 0 Å². The summed E-state index contributed by atoms with van der Waals surface area (Å²) < 4.78 is 0.